The summed E-state index contributed by atoms with van der Waals surface area (Å²) < 4.78 is 7.25. The quantitative estimate of drug-likeness (QED) is 0.808. The van der Waals surface area contributed by atoms with E-state index in [1.807, 2.05) is 11.3 Å². The van der Waals surface area contributed by atoms with Gasteiger partial charge in [-0.3, -0.25) is 4.90 Å². The maximum Gasteiger partial charge on any atom is 0.0858 e. The first-order valence-electron chi connectivity index (χ1n) is 7.54. The van der Waals surface area contributed by atoms with Gasteiger partial charge >= 0.3 is 0 Å². The lowest BCUT2D eigenvalue weighted by atomic mass is 10.0. The van der Waals surface area contributed by atoms with Gasteiger partial charge in [-0.2, -0.15) is 0 Å². The number of nitrogens with one attached hydrogen (secondary N) is 1. The van der Waals surface area contributed by atoms with Crippen LogP contribution in [0.1, 0.15) is 25.1 Å². The summed E-state index contributed by atoms with van der Waals surface area (Å²) in [4.78, 5) is 3.90. The van der Waals surface area contributed by atoms with Crippen molar-refractivity contribution < 1.29 is 4.74 Å². The highest BCUT2D eigenvalue weighted by Crippen LogP contribution is 2.24. The van der Waals surface area contributed by atoms with E-state index < -0.39 is 0 Å². The lowest BCUT2D eigenvalue weighted by Crippen LogP contribution is -2.53. The van der Waals surface area contributed by atoms with Crippen molar-refractivity contribution in [3.8, 4) is 0 Å². The first kappa shape index (κ1) is 16.4. The molecule has 0 radical (unpaired) electrons. The van der Waals surface area contributed by atoms with Gasteiger partial charge in [-0.05, 0) is 54.0 Å². The lowest BCUT2D eigenvalue weighted by Gasteiger charge is -2.37. The van der Waals surface area contributed by atoms with Gasteiger partial charge in [-0.1, -0.05) is 13.8 Å². The van der Waals surface area contributed by atoms with Crippen molar-refractivity contribution in [2.75, 3.05) is 32.8 Å². The smallest absolute Gasteiger partial charge is 0.0858 e. The second-order valence-corrected chi connectivity index (χ2v) is 7.82. The normalized spacial score (nSPS) is 22.1. The van der Waals surface area contributed by atoms with Crippen LogP contribution in [0.25, 0.3) is 0 Å². The monoisotopic (exact) mass is 360 g/mol. The fourth-order valence-corrected chi connectivity index (χ4v) is 4.15. The van der Waals surface area contributed by atoms with Gasteiger partial charge < -0.3 is 10.1 Å². The van der Waals surface area contributed by atoms with Crippen LogP contribution in [0.3, 0.4) is 0 Å². The van der Waals surface area contributed by atoms with Gasteiger partial charge in [0.15, 0.2) is 0 Å². The fraction of sp³-hybridized carbons (Fsp3) is 0.733. The summed E-state index contributed by atoms with van der Waals surface area (Å²) >= 11 is 5.38. The van der Waals surface area contributed by atoms with Crippen molar-refractivity contribution in [3.63, 3.8) is 0 Å². The Morgan fingerprint density at radius 3 is 3.00 bits per heavy atom. The van der Waals surface area contributed by atoms with Crippen LogP contribution in [-0.2, 0) is 11.2 Å². The average Bonchev–Trinajstić information content (AvgIpc) is 2.88. The predicted octanol–water partition coefficient (Wildman–Crippen LogP) is 3.14. The summed E-state index contributed by atoms with van der Waals surface area (Å²) in [5, 5.41) is 3.68. The maximum atomic E-state index is 6.04. The number of thiophene rings is 1. The summed E-state index contributed by atoms with van der Waals surface area (Å²) in [6.45, 7) is 9.59. The largest absolute Gasteiger partial charge is 0.374 e. The van der Waals surface area contributed by atoms with Gasteiger partial charge in [0.2, 0.25) is 0 Å². The Morgan fingerprint density at radius 2 is 2.35 bits per heavy atom. The molecule has 0 aliphatic carbocycles. The number of hydrogen-bond donors (Lipinski definition) is 1. The molecule has 1 N–H and O–H groups in total. The van der Waals surface area contributed by atoms with Crippen molar-refractivity contribution in [1.82, 2.24) is 10.2 Å². The zero-order valence-corrected chi connectivity index (χ0v) is 14.8. The molecule has 0 saturated carbocycles. The van der Waals surface area contributed by atoms with E-state index in [-0.39, 0.29) is 0 Å². The molecule has 2 rings (SSSR count). The summed E-state index contributed by atoms with van der Waals surface area (Å²) in [7, 11) is 0. The van der Waals surface area contributed by atoms with Crippen LogP contribution in [0.15, 0.2) is 15.9 Å². The number of rotatable bonds is 7. The highest BCUT2D eigenvalue weighted by Gasteiger charge is 2.27. The highest BCUT2D eigenvalue weighted by molar-refractivity contribution is 9.11. The number of hydrogen-bond acceptors (Lipinski definition) is 4. The molecule has 0 bridgehead atoms. The third kappa shape index (κ3) is 4.81. The van der Waals surface area contributed by atoms with Gasteiger partial charge in [0.1, 0.15) is 0 Å². The molecule has 1 aromatic heterocycles. The van der Waals surface area contributed by atoms with Gasteiger partial charge in [-0.25, -0.2) is 0 Å². The van der Waals surface area contributed by atoms with Gasteiger partial charge in [0.05, 0.1) is 16.5 Å². The minimum Gasteiger partial charge on any atom is -0.374 e. The Labute approximate surface area is 134 Å². The average molecular weight is 361 g/mol. The van der Waals surface area contributed by atoms with Crippen molar-refractivity contribution in [3.05, 3.63) is 20.8 Å². The van der Waals surface area contributed by atoms with E-state index in [2.05, 4.69) is 52.1 Å². The van der Waals surface area contributed by atoms with Crippen molar-refractivity contribution in [2.45, 2.75) is 38.8 Å². The molecule has 5 heteroatoms. The minimum absolute atomic E-state index is 0.302. The topological polar surface area (TPSA) is 24.5 Å². The summed E-state index contributed by atoms with van der Waals surface area (Å²) in [6, 6.07) is 4.77. The van der Waals surface area contributed by atoms with E-state index in [9.17, 15) is 0 Å². The third-order valence-corrected chi connectivity index (χ3v) is 5.43. The molecule has 1 aliphatic rings. The third-order valence-electron chi connectivity index (χ3n) is 3.78. The van der Waals surface area contributed by atoms with Crippen LogP contribution in [0.2, 0.25) is 0 Å². The van der Waals surface area contributed by atoms with Crippen LogP contribution in [0, 0.1) is 0 Å². The molecule has 1 aliphatic heterocycles. The predicted molar refractivity (Wildman–Crippen MR) is 89.7 cm³/mol. The molecule has 2 unspecified atom stereocenters. The Kier molecular flexibility index (Phi) is 6.97. The highest BCUT2D eigenvalue weighted by atomic mass is 79.9. The molecule has 2 heterocycles. The molecule has 114 valence electrons. The minimum atomic E-state index is 0.302. The summed E-state index contributed by atoms with van der Waals surface area (Å²) in [5.41, 5.74) is 0. The first-order valence-corrected chi connectivity index (χ1v) is 9.15. The van der Waals surface area contributed by atoms with Crippen molar-refractivity contribution in [1.29, 1.82) is 0 Å². The number of halogens is 1. The van der Waals surface area contributed by atoms with E-state index in [1.165, 1.54) is 8.66 Å². The van der Waals surface area contributed by atoms with Crippen LogP contribution >= 0.6 is 27.3 Å². The molecule has 20 heavy (non-hydrogen) atoms. The number of morpholine rings is 1. The summed E-state index contributed by atoms with van der Waals surface area (Å²) in [6.07, 6.45) is 2.52. The van der Waals surface area contributed by atoms with Crippen LogP contribution in [0.5, 0.6) is 0 Å². The molecular formula is C15H25BrN2OS. The SMILES string of the molecule is CCCNC(Cc1ccc(Br)s1)C1CN(CC)CCO1. The number of likely N-dealkylation sites (N-methyl/N-ethyl adjacent to an activating group) is 1. The molecule has 0 spiro atoms. The maximum absolute atomic E-state index is 6.04. The summed E-state index contributed by atoms with van der Waals surface area (Å²) in [5.74, 6) is 0. The zero-order valence-electron chi connectivity index (χ0n) is 12.4. The van der Waals surface area contributed by atoms with Crippen LogP contribution in [-0.4, -0.2) is 49.8 Å². The standard InChI is InChI=1S/C15H25BrN2OS/c1-3-7-17-13(10-12-5-6-15(16)20-12)14-11-18(4-2)8-9-19-14/h5-6,13-14,17H,3-4,7-11H2,1-2H3. The van der Waals surface area contributed by atoms with Crippen LogP contribution < -0.4 is 5.32 Å². The Morgan fingerprint density at radius 1 is 1.50 bits per heavy atom. The van der Waals surface area contributed by atoms with Gasteiger partial charge in [0.25, 0.3) is 0 Å². The first-order chi connectivity index (χ1) is 9.72. The zero-order chi connectivity index (χ0) is 14.4. The number of ether oxygens (including phenoxy) is 1. The Bertz CT molecular complexity index is 399. The molecule has 2 atom stereocenters. The van der Waals surface area contributed by atoms with Crippen molar-refractivity contribution >= 4 is 27.3 Å². The van der Waals surface area contributed by atoms with E-state index in [1.54, 1.807) is 0 Å². The lowest BCUT2D eigenvalue weighted by molar-refractivity contribution is -0.0446. The van der Waals surface area contributed by atoms with Crippen molar-refractivity contribution in [2.24, 2.45) is 0 Å². The van der Waals surface area contributed by atoms with E-state index >= 15 is 0 Å². The van der Waals surface area contributed by atoms with Gasteiger partial charge in [0, 0.05) is 24.0 Å². The van der Waals surface area contributed by atoms with E-state index in [4.69, 9.17) is 4.74 Å². The van der Waals surface area contributed by atoms with E-state index in [0.717, 1.165) is 45.6 Å². The van der Waals surface area contributed by atoms with Gasteiger partial charge in [-0.15, -0.1) is 11.3 Å². The molecule has 0 amide bonds. The van der Waals surface area contributed by atoms with Crippen LogP contribution in [0.4, 0.5) is 0 Å². The molecular weight excluding hydrogens is 336 g/mol. The molecule has 0 aromatic carbocycles. The molecule has 1 fully saturated rings. The van der Waals surface area contributed by atoms with E-state index in [0.29, 0.717) is 12.1 Å². The second kappa shape index (κ2) is 8.49. The second-order valence-electron chi connectivity index (χ2n) is 5.27. The molecule has 1 saturated heterocycles. The Hall–Kier alpha value is 0.0600. The molecule has 1 aromatic rings. The molecule has 3 nitrogen and oxygen atoms in total. The fourth-order valence-electron chi connectivity index (χ4n) is 2.61. The Balaban J connectivity index is 1.98. The number of nitrogens with zero attached hydrogens (tertiary/aromatic N) is 1.